The normalized spacial score (nSPS) is 16.0. The SMILES string of the molecule is COc1ccc(OC)c(CN(CC(=O)Nc2ccccc2C(=O)NC2CCCC2)C2CC2)c1. The lowest BCUT2D eigenvalue weighted by Gasteiger charge is -2.23. The number of para-hydroxylation sites is 1. The fourth-order valence-electron chi connectivity index (χ4n) is 4.48. The van der Waals surface area contributed by atoms with Gasteiger partial charge in [-0.25, -0.2) is 0 Å². The van der Waals surface area contributed by atoms with Crippen molar-refractivity contribution in [3.8, 4) is 11.5 Å². The van der Waals surface area contributed by atoms with E-state index in [0.29, 0.717) is 23.8 Å². The van der Waals surface area contributed by atoms with E-state index in [1.54, 1.807) is 26.4 Å². The number of ether oxygens (including phenoxy) is 2. The molecule has 0 aromatic heterocycles. The standard InChI is InChI=1S/C26H33N3O4/c1-32-21-13-14-24(33-2)18(15-21)16-29(20-11-12-20)17-25(30)28-23-10-6-5-9-22(23)26(31)27-19-7-3-4-8-19/h5-6,9-10,13-15,19-20H,3-4,7-8,11-12,16-17H2,1-2H3,(H,27,31)(H,28,30). The van der Waals surface area contributed by atoms with Crippen LogP contribution in [0.4, 0.5) is 5.69 Å². The maximum Gasteiger partial charge on any atom is 0.253 e. The molecule has 0 unspecified atom stereocenters. The maximum atomic E-state index is 13.0. The van der Waals surface area contributed by atoms with Crippen molar-refractivity contribution in [3.05, 3.63) is 53.6 Å². The largest absolute Gasteiger partial charge is 0.497 e. The third-order valence-electron chi connectivity index (χ3n) is 6.41. The van der Waals surface area contributed by atoms with Crippen molar-refractivity contribution in [1.29, 1.82) is 0 Å². The van der Waals surface area contributed by atoms with Gasteiger partial charge in [0.1, 0.15) is 11.5 Å². The molecule has 0 bridgehead atoms. The fourth-order valence-corrected chi connectivity index (χ4v) is 4.48. The molecule has 0 aliphatic heterocycles. The second-order valence-corrected chi connectivity index (χ2v) is 8.86. The molecule has 0 atom stereocenters. The number of hydrogen-bond donors (Lipinski definition) is 2. The van der Waals surface area contributed by atoms with Gasteiger partial charge in [0.2, 0.25) is 5.91 Å². The van der Waals surface area contributed by atoms with Gasteiger partial charge in [-0.05, 0) is 56.0 Å². The molecule has 33 heavy (non-hydrogen) atoms. The summed E-state index contributed by atoms with van der Waals surface area (Å²) in [6.45, 7) is 0.825. The lowest BCUT2D eigenvalue weighted by molar-refractivity contribution is -0.117. The summed E-state index contributed by atoms with van der Waals surface area (Å²) in [5.74, 6) is 1.27. The molecule has 4 rings (SSSR count). The summed E-state index contributed by atoms with van der Waals surface area (Å²) in [7, 11) is 3.28. The van der Waals surface area contributed by atoms with E-state index in [9.17, 15) is 9.59 Å². The number of anilines is 1. The number of benzene rings is 2. The molecule has 0 spiro atoms. The van der Waals surface area contributed by atoms with Crippen LogP contribution in [0.1, 0.15) is 54.4 Å². The molecule has 7 heteroatoms. The zero-order chi connectivity index (χ0) is 23.2. The Morgan fingerprint density at radius 3 is 2.45 bits per heavy atom. The highest BCUT2D eigenvalue weighted by Crippen LogP contribution is 2.32. The Labute approximate surface area is 195 Å². The smallest absolute Gasteiger partial charge is 0.253 e. The van der Waals surface area contributed by atoms with Crippen molar-refractivity contribution in [2.45, 2.75) is 57.2 Å². The fraction of sp³-hybridized carbons (Fsp3) is 0.462. The van der Waals surface area contributed by atoms with E-state index in [1.807, 2.05) is 30.3 Å². The summed E-state index contributed by atoms with van der Waals surface area (Å²) in [6, 6.07) is 13.5. The lowest BCUT2D eigenvalue weighted by Crippen LogP contribution is -2.36. The Bertz CT molecular complexity index is 983. The van der Waals surface area contributed by atoms with Crippen LogP contribution in [0.5, 0.6) is 11.5 Å². The second-order valence-electron chi connectivity index (χ2n) is 8.86. The molecular weight excluding hydrogens is 418 g/mol. The number of carbonyl (C=O) groups is 2. The van der Waals surface area contributed by atoms with Crippen LogP contribution in [-0.2, 0) is 11.3 Å². The number of methoxy groups -OCH3 is 2. The zero-order valence-electron chi connectivity index (χ0n) is 19.4. The summed E-state index contributed by atoms with van der Waals surface area (Å²) < 4.78 is 10.9. The van der Waals surface area contributed by atoms with Crippen molar-refractivity contribution in [2.75, 3.05) is 26.1 Å². The van der Waals surface area contributed by atoms with Crippen molar-refractivity contribution in [3.63, 3.8) is 0 Å². The predicted octanol–water partition coefficient (Wildman–Crippen LogP) is 3.98. The van der Waals surface area contributed by atoms with Crippen LogP contribution in [0.2, 0.25) is 0 Å². The van der Waals surface area contributed by atoms with Gasteiger partial charge in [0.15, 0.2) is 0 Å². The minimum atomic E-state index is -0.134. The third-order valence-corrected chi connectivity index (χ3v) is 6.41. The Morgan fingerprint density at radius 1 is 1.00 bits per heavy atom. The topological polar surface area (TPSA) is 79.9 Å². The van der Waals surface area contributed by atoms with E-state index < -0.39 is 0 Å². The number of nitrogens with zero attached hydrogens (tertiary/aromatic N) is 1. The molecule has 2 amide bonds. The molecule has 0 radical (unpaired) electrons. The van der Waals surface area contributed by atoms with Gasteiger partial charge in [-0.1, -0.05) is 25.0 Å². The molecule has 2 N–H and O–H groups in total. The monoisotopic (exact) mass is 451 g/mol. The second kappa shape index (κ2) is 10.7. The first-order valence-corrected chi connectivity index (χ1v) is 11.7. The minimum absolute atomic E-state index is 0.127. The van der Waals surface area contributed by atoms with E-state index >= 15 is 0 Å². The van der Waals surface area contributed by atoms with Gasteiger partial charge < -0.3 is 20.1 Å². The highest BCUT2D eigenvalue weighted by atomic mass is 16.5. The average molecular weight is 452 g/mol. The maximum absolute atomic E-state index is 13.0. The van der Waals surface area contributed by atoms with Gasteiger partial charge in [-0.3, -0.25) is 14.5 Å². The van der Waals surface area contributed by atoms with Crippen LogP contribution in [0.3, 0.4) is 0 Å². The molecule has 176 valence electrons. The molecule has 7 nitrogen and oxygen atoms in total. The number of hydrogen-bond acceptors (Lipinski definition) is 5. The molecule has 2 fully saturated rings. The van der Waals surface area contributed by atoms with Gasteiger partial charge in [0.25, 0.3) is 5.91 Å². The third kappa shape index (κ3) is 6.05. The molecule has 0 saturated heterocycles. The van der Waals surface area contributed by atoms with Crippen molar-refractivity contribution in [1.82, 2.24) is 10.2 Å². The van der Waals surface area contributed by atoms with Gasteiger partial charge in [-0.15, -0.1) is 0 Å². The van der Waals surface area contributed by atoms with E-state index in [-0.39, 0.29) is 24.4 Å². The number of nitrogens with one attached hydrogen (secondary N) is 2. The molecule has 2 aliphatic rings. The Morgan fingerprint density at radius 2 is 1.76 bits per heavy atom. The van der Waals surface area contributed by atoms with Crippen LogP contribution < -0.4 is 20.1 Å². The summed E-state index contributed by atoms with van der Waals surface area (Å²) in [4.78, 5) is 28.0. The summed E-state index contributed by atoms with van der Waals surface area (Å²) >= 11 is 0. The Kier molecular flexibility index (Phi) is 7.50. The first-order valence-electron chi connectivity index (χ1n) is 11.7. The molecule has 2 aliphatic carbocycles. The van der Waals surface area contributed by atoms with E-state index in [2.05, 4.69) is 15.5 Å². The predicted molar refractivity (Wildman–Crippen MR) is 128 cm³/mol. The molecule has 2 aromatic rings. The van der Waals surface area contributed by atoms with E-state index in [0.717, 1.165) is 55.6 Å². The van der Waals surface area contributed by atoms with Gasteiger partial charge in [-0.2, -0.15) is 0 Å². The first-order chi connectivity index (χ1) is 16.1. The number of carbonyl (C=O) groups excluding carboxylic acids is 2. The van der Waals surface area contributed by atoms with Crippen molar-refractivity contribution < 1.29 is 19.1 Å². The highest BCUT2D eigenvalue weighted by Gasteiger charge is 2.31. The van der Waals surface area contributed by atoms with Gasteiger partial charge in [0.05, 0.1) is 32.0 Å². The number of amides is 2. The van der Waals surface area contributed by atoms with E-state index in [4.69, 9.17) is 9.47 Å². The van der Waals surface area contributed by atoms with Crippen LogP contribution in [0.15, 0.2) is 42.5 Å². The number of rotatable bonds is 10. The molecular formula is C26H33N3O4. The highest BCUT2D eigenvalue weighted by molar-refractivity contribution is 6.04. The Balaban J connectivity index is 1.43. The van der Waals surface area contributed by atoms with Crippen molar-refractivity contribution >= 4 is 17.5 Å². The summed E-state index contributed by atoms with van der Waals surface area (Å²) in [5, 5.41) is 6.08. The molecule has 2 saturated carbocycles. The van der Waals surface area contributed by atoms with Crippen molar-refractivity contribution in [2.24, 2.45) is 0 Å². The summed E-state index contributed by atoms with van der Waals surface area (Å²) in [6.07, 6.45) is 6.48. The van der Waals surface area contributed by atoms with Gasteiger partial charge in [0, 0.05) is 24.2 Å². The van der Waals surface area contributed by atoms with E-state index in [1.165, 1.54) is 0 Å². The average Bonchev–Trinajstić information content (AvgIpc) is 3.55. The Hall–Kier alpha value is -3.06. The molecule has 0 heterocycles. The summed E-state index contributed by atoms with van der Waals surface area (Å²) in [5.41, 5.74) is 2.03. The van der Waals surface area contributed by atoms with Crippen LogP contribution in [0, 0.1) is 0 Å². The van der Waals surface area contributed by atoms with Crippen LogP contribution in [0.25, 0.3) is 0 Å². The lowest BCUT2D eigenvalue weighted by atomic mass is 10.1. The molecule has 2 aromatic carbocycles. The quantitative estimate of drug-likeness (QED) is 0.571. The zero-order valence-corrected chi connectivity index (χ0v) is 19.4. The van der Waals surface area contributed by atoms with Crippen LogP contribution in [-0.4, -0.2) is 49.6 Å². The van der Waals surface area contributed by atoms with Crippen LogP contribution >= 0.6 is 0 Å². The minimum Gasteiger partial charge on any atom is -0.497 e. The van der Waals surface area contributed by atoms with Gasteiger partial charge >= 0.3 is 0 Å². The first kappa shape index (κ1) is 23.1.